The predicted molar refractivity (Wildman–Crippen MR) is 129 cm³/mol. The fraction of sp³-hybridized carbons (Fsp3) is 0.261. The molecule has 1 aromatic carbocycles. The molecule has 8 nitrogen and oxygen atoms in total. The number of carbonyl (C=O) groups excluding carboxylic acids is 1. The molecule has 0 radical (unpaired) electrons. The van der Waals surface area contributed by atoms with Gasteiger partial charge in [-0.05, 0) is 49.2 Å². The molecule has 0 aliphatic heterocycles. The third-order valence-electron chi connectivity index (χ3n) is 5.60. The Kier molecular flexibility index (Phi) is 6.41. The Morgan fingerprint density at radius 2 is 1.79 bits per heavy atom. The lowest BCUT2D eigenvalue weighted by Crippen LogP contribution is -2.19. The lowest BCUT2D eigenvalue weighted by atomic mass is 10.2. The van der Waals surface area contributed by atoms with Gasteiger partial charge in [0.1, 0.15) is 5.82 Å². The highest BCUT2D eigenvalue weighted by atomic mass is 35.5. The van der Waals surface area contributed by atoms with Gasteiger partial charge in [0.25, 0.3) is 0 Å². The van der Waals surface area contributed by atoms with E-state index in [-0.39, 0.29) is 11.7 Å². The molecular formula is C23H22ClN7OS. The average molecular weight is 480 g/mol. The molecule has 0 saturated heterocycles. The molecule has 0 spiro atoms. The Balaban J connectivity index is 1.35. The van der Waals surface area contributed by atoms with Gasteiger partial charge in [0.05, 0.1) is 18.0 Å². The van der Waals surface area contributed by atoms with Crippen LogP contribution in [0.3, 0.4) is 0 Å². The summed E-state index contributed by atoms with van der Waals surface area (Å²) >= 11 is 7.41. The molecule has 1 aliphatic rings. The number of anilines is 1. The van der Waals surface area contributed by atoms with Crippen LogP contribution in [0.15, 0.2) is 66.2 Å². The Bertz CT molecular complexity index is 1230. The highest BCUT2D eigenvalue weighted by molar-refractivity contribution is 7.99. The third kappa shape index (κ3) is 4.79. The van der Waals surface area contributed by atoms with Crippen molar-refractivity contribution in [3.05, 3.63) is 66.1 Å². The van der Waals surface area contributed by atoms with E-state index in [1.54, 1.807) is 18.6 Å². The van der Waals surface area contributed by atoms with Crippen LogP contribution in [0.4, 0.5) is 5.82 Å². The third-order valence-corrected chi connectivity index (χ3v) is 6.78. The van der Waals surface area contributed by atoms with E-state index in [0.29, 0.717) is 22.0 Å². The summed E-state index contributed by atoms with van der Waals surface area (Å²) in [6, 6.07) is 13.4. The summed E-state index contributed by atoms with van der Waals surface area (Å²) in [4.78, 5) is 16.8. The van der Waals surface area contributed by atoms with Gasteiger partial charge in [0.15, 0.2) is 11.0 Å². The van der Waals surface area contributed by atoms with Gasteiger partial charge in [-0.15, -0.1) is 10.2 Å². The number of nitrogens with one attached hydrogen (secondary N) is 1. The number of hydrogen-bond acceptors (Lipinski definition) is 6. The minimum atomic E-state index is -0.115. The van der Waals surface area contributed by atoms with E-state index < -0.39 is 0 Å². The highest BCUT2D eigenvalue weighted by Gasteiger charge is 2.21. The van der Waals surface area contributed by atoms with Gasteiger partial charge in [-0.3, -0.25) is 14.3 Å². The zero-order valence-corrected chi connectivity index (χ0v) is 19.3. The predicted octanol–water partition coefficient (Wildman–Crippen LogP) is 5.03. The number of rotatable bonds is 7. The molecule has 0 unspecified atom stereocenters. The summed E-state index contributed by atoms with van der Waals surface area (Å²) in [5.74, 6) is 1.49. The van der Waals surface area contributed by atoms with Gasteiger partial charge in [-0.1, -0.05) is 36.2 Å². The number of amides is 1. The lowest BCUT2D eigenvalue weighted by Gasteiger charge is -2.14. The quantitative estimate of drug-likeness (QED) is 0.374. The van der Waals surface area contributed by atoms with Crippen LogP contribution in [-0.2, 0) is 4.79 Å². The molecule has 1 saturated carbocycles. The van der Waals surface area contributed by atoms with Crippen molar-refractivity contribution in [2.75, 3.05) is 11.1 Å². The topological polar surface area (TPSA) is 90.5 Å². The largest absolute Gasteiger partial charge is 0.310 e. The van der Waals surface area contributed by atoms with Crippen LogP contribution in [0.25, 0.3) is 17.1 Å². The minimum Gasteiger partial charge on any atom is -0.310 e. The maximum atomic E-state index is 12.8. The number of hydrogen-bond donors (Lipinski definition) is 1. The minimum absolute atomic E-state index is 0.115. The fourth-order valence-corrected chi connectivity index (χ4v) is 4.91. The van der Waals surface area contributed by atoms with Crippen LogP contribution < -0.4 is 5.32 Å². The Morgan fingerprint density at radius 1 is 1.03 bits per heavy atom. The maximum Gasteiger partial charge on any atom is 0.235 e. The number of thioether (sulfide) groups is 1. The molecule has 0 bridgehead atoms. The van der Waals surface area contributed by atoms with Gasteiger partial charge in [0, 0.05) is 34.7 Å². The molecule has 10 heteroatoms. The highest BCUT2D eigenvalue weighted by Crippen LogP contribution is 2.32. The first-order chi connectivity index (χ1) is 16.2. The van der Waals surface area contributed by atoms with E-state index >= 15 is 0 Å². The molecule has 1 fully saturated rings. The zero-order valence-electron chi connectivity index (χ0n) is 17.8. The summed E-state index contributed by atoms with van der Waals surface area (Å²) in [5, 5.41) is 17.4. The summed E-state index contributed by atoms with van der Waals surface area (Å²) in [6.45, 7) is 0. The number of nitrogens with zero attached hydrogens (tertiary/aromatic N) is 6. The van der Waals surface area contributed by atoms with E-state index in [1.165, 1.54) is 24.6 Å². The van der Waals surface area contributed by atoms with Crippen LogP contribution in [0.2, 0.25) is 5.02 Å². The monoisotopic (exact) mass is 479 g/mol. The van der Waals surface area contributed by atoms with Gasteiger partial charge in [-0.2, -0.15) is 5.10 Å². The van der Waals surface area contributed by atoms with Crippen LogP contribution in [0.1, 0.15) is 31.7 Å². The van der Waals surface area contributed by atoms with Crippen molar-refractivity contribution in [3.8, 4) is 17.1 Å². The number of benzene rings is 1. The number of pyridine rings is 1. The molecule has 4 aromatic rings. The lowest BCUT2D eigenvalue weighted by molar-refractivity contribution is -0.113. The molecule has 3 aromatic heterocycles. The van der Waals surface area contributed by atoms with E-state index in [9.17, 15) is 4.79 Å². The molecule has 33 heavy (non-hydrogen) atoms. The van der Waals surface area contributed by atoms with Crippen molar-refractivity contribution in [1.82, 2.24) is 29.5 Å². The van der Waals surface area contributed by atoms with Crippen LogP contribution in [0.5, 0.6) is 0 Å². The van der Waals surface area contributed by atoms with Crippen molar-refractivity contribution < 1.29 is 4.79 Å². The average Bonchev–Trinajstić information content (AvgIpc) is 3.59. The van der Waals surface area contributed by atoms with Crippen LogP contribution in [-0.4, -0.2) is 41.2 Å². The van der Waals surface area contributed by atoms with E-state index in [0.717, 1.165) is 29.9 Å². The first-order valence-corrected chi connectivity index (χ1v) is 12.1. The molecule has 1 aliphatic carbocycles. The summed E-state index contributed by atoms with van der Waals surface area (Å²) in [6.07, 6.45) is 9.76. The number of aromatic nitrogens is 6. The van der Waals surface area contributed by atoms with Gasteiger partial charge < -0.3 is 5.32 Å². The summed E-state index contributed by atoms with van der Waals surface area (Å²) in [7, 11) is 0. The second-order valence-electron chi connectivity index (χ2n) is 7.79. The zero-order chi connectivity index (χ0) is 22.6. The van der Waals surface area contributed by atoms with Crippen molar-refractivity contribution in [1.29, 1.82) is 0 Å². The second-order valence-corrected chi connectivity index (χ2v) is 9.17. The summed E-state index contributed by atoms with van der Waals surface area (Å²) in [5.41, 5.74) is 1.74. The number of carbonyl (C=O) groups is 1. The van der Waals surface area contributed by atoms with Crippen LogP contribution in [0, 0.1) is 0 Å². The Hall–Kier alpha value is -3.17. The van der Waals surface area contributed by atoms with Crippen molar-refractivity contribution in [2.45, 2.75) is 36.9 Å². The Labute approximate surface area is 200 Å². The molecule has 1 N–H and O–H groups in total. The fourth-order valence-electron chi connectivity index (χ4n) is 4.04. The molecule has 0 atom stereocenters. The molecule has 3 heterocycles. The van der Waals surface area contributed by atoms with Crippen molar-refractivity contribution in [2.24, 2.45) is 0 Å². The summed E-state index contributed by atoms with van der Waals surface area (Å²) < 4.78 is 3.86. The smallest absolute Gasteiger partial charge is 0.235 e. The van der Waals surface area contributed by atoms with E-state index in [2.05, 4.69) is 25.6 Å². The van der Waals surface area contributed by atoms with Gasteiger partial charge in [-0.25, -0.2) is 4.68 Å². The SMILES string of the molecule is O=C(CSc1nnc(-c2ccncc2)n1-c1ccc(Cl)cc1)Nc1ccnn1C1CCCC1. The second kappa shape index (κ2) is 9.76. The molecule has 168 valence electrons. The number of halogens is 1. The van der Waals surface area contributed by atoms with Crippen molar-refractivity contribution in [3.63, 3.8) is 0 Å². The van der Waals surface area contributed by atoms with Crippen molar-refractivity contribution >= 4 is 35.1 Å². The maximum absolute atomic E-state index is 12.8. The molecule has 1 amide bonds. The Morgan fingerprint density at radius 3 is 2.55 bits per heavy atom. The molecular weight excluding hydrogens is 458 g/mol. The molecule has 5 rings (SSSR count). The first kappa shape index (κ1) is 21.7. The first-order valence-electron chi connectivity index (χ1n) is 10.8. The normalized spacial score (nSPS) is 14.0. The van der Waals surface area contributed by atoms with E-state index in [1.807, 2.05) is 51.7 Å². The van der Waals surface area contributed by atoms with E-state index in [4.69, 9.17) is 11.6 Å². The van der Waals surface area contributed by atoms with Gasteiger partial charge in [0.2, 0.25) is 5.91 Å². The standard InChI is InChI=1S/C23H22ClN7OS/c24-17-5-7-18(8-6-17)30-22(16-9-12-25-13-10-16)28-29-23(30)33-15-21(32)27-20-11-14-26-31(20)19-3-1-2-4-19/h5-14,19H,1-4,15H2,(H,27,32). The van der Waals surface area contributed by atoms with Gasteiger partial charge >= 0.3 is 0 Å². The van der Waals surface area contributed by atoms with Crippen LogP contribution >= 0.6 is 23.4 Å².